The van der Waals surface area contributed by atoms with Crippen molar-refractivity contribution in [3.05, 3.63) is 76.7 Å². The second kappa shape index (κ2) is 27.0. The number of aromatic nitrogens is 3. The van der Waals surface area contributed by atoms with E-state index in [1.807, 2.05) is 52.0 Å². The first kappa shape index (κ1) is 63.4. The summed E-state index contributed by atoms with van der Waals surface area (Å²) in [5.74, 6) is -0.718. The Morgan fingerprint density at radius 3 is 2.25 bits per heavy atom. The monoisotopic (exact) mass is 1220 g/mol. The summed E-state index contributed by atoms with van der Waals surface area (Å²) >= 11 is 1.51. The number of piperidine rings is 2. The minimum Gasteiger partial charge on any atom is -0.491 e. The van der Waals surface area contributed by atoms with Gasteiger partial charge in [0.15, 0.2) is 5.67 Å². The molecular weight excluding hydrogens is 1140 g/mol. The molecule has 6 aliphatic rings. The van der Waals surface area contributed by atoms with Crippen molar-refractivity contribution in [3.8, 4) is 16.2 Å². The van der Waals surface area contributed by atoms with Gasteiger partial charge < -0.3 is 50.9 Å². The van der Waals surface area contributed by atoms with Crippen molar-refractivity contribution in [2.45, 2.75) is 136 Å². The second-order valence-electron chi connectivity index (χ2n) is 26.6. The smallest absolute Gasteiger partial charge is 0.258 e. The topological polar surface area (TPSA) is 213 Å². The second-order valence-corrected chi connectivity index (χ2v) is 27.4. The number of nitrogens with one attached hydrogen (secondary N) is 5. The number of amides is 5. The van der Waals surface area contributed by atoms with E-state index >= 15 is 8.78 Å². The van der Waals surface area contributed by atoms with Crippen LogP contribution in [0.4, 0.5) is 30.5 Å². The molecule has 10 rings (SSSR count). The highest BCUT2D eigenvalue weighted by molar-refractivity contribution is 7.13. The van der Waals surface area contributed by atoms with E-state index in [-0.39, 0.29) is 67.9 Å². The van der Waals surface area contributed by atoms with Crippen LogP contribution in [0, 0.1) is 29.4 Å². The molecule has 1 aliphatic carbocycles. The number of benzene rings is 2. The fourth-order valence-electron chi connectivity index (χ4n) is 12.5. The van der Waals surface area contributed by atoms with E-state index in [2.05, 4.69) is 75.0 Å². The third-order valence-electron chi connectivity index (χ3n) is 18.4. The van der Waals surface area contributed by atoms with E-state index in [1.54, 1.807) is 16.7 Å². The molecular formula is C63H87F3N14O6S. The predicted octanol–water partition coefficient (Wildman–Crippen LogP) is 6.04. The molecule has 87 heavy (non-hydrogen) atoms. The Labute approximate surface area is 513 Å². The van der Waals surface area contributed by atoms with Crippen molar-refractivity contribution in [1.29, 1.82) is 0 Å². The molecule has 7 heterocycles. The number of rotatable bonds is 22. The molecule has 6 fully saturated rings. The normalized spacial score (nSPS) is 20.9. The highest BCUT2D eigenvalue weighted by Gasteiger charge is 2.53. The quantitative estimate of drug-likeness (QED) is 0.0568. The summed E-state index contributed by atoms with van der Waals surface area (Å²) in [6.07, 6.45) is 6.48. The van der Waals surface area contributed by atoms with Crippen LogP contribution in [0.3, 0.4) is 0 Å². The van der Waals surface area contributed by atoms with Crippen LogP contribution in [0.2, 0.25) is 0 Å². The fraction of sp³-hybridized carbons (Fsp3) is 0.619. The summed E-state index contributed by atoms with van der Waals surface area (Å²) in [5, 5.41) is 15.3. The molecule has 472 valence electrons. The number of nitrogens with zero attached hydrogens (tertiary/aromatic N) is 9. The molecule has 2 aromatic heterocycles. The number of likely N-dealkylation sites (tertiary alicyclic amines) is 2. The van der Waals surface area contributed by atoms with Gasteiger partial charge in [0.25, 0.3) is 5.91 Å². The standard InChI is InChI=1S/C63H87F3N14O6S/c1-42-55(87-41-72-42)43-9-10-44(36-69-57(83)48-8-7-20-80(48)58(84)56(60(2,3)4)73-59(85)63(66)12-13-63)50(33-43)86-31-19-68-53(81)11-21-75-27-29-76(30-28-75)26-18-67-51-35-52(71-40-70-51)78-24-16-62(17-25-78)39-79(38-54(82)74-62)49-34-46(64)45(32-47(49)65)37-77-22-14-61(5,6)15-23-77/h9-10,32-35,40-41,48,56H,7-8,11-31,36-39H2,1-6H3,(H,68,81)(H,69,83)(H,73,85)(H,74,82)(H,67,70,71). The van der Waals surface area contributed by atoms with Crippen LogP contribution >= 0.6 is 11.3 Å². The van der Waals surface area contributed by atoms with Gasteiger partial charge in [0.1, 0.15) is 54.0 Å². The number of hydrogen-bond acceptors (Lipinski definition) is 16. The maximum atomic E-state index is 15.8. The Kier molecular flexibility index (Phi) is 19.7. The van der Waals surface area contributed by atoms with E-state index in [1.165, 1.54) is 28.4 Å². The summed E-state index contributed by atoms with van der Waals surface area (Å²) in [6, 6.07) is 8.54. The summed E-state index contributed by atoms with van der Waals surface area (Å²) < 4.78 is 52.3. The van der Waals surface area contributed by atoms with Crippen molar-refractivity contribution in [2.75, 3.05) is 120 Å². The lowest BCUT2D eigenvalue weighted by atomic mass is 9.82. The Morgan fingerprint density at radius 1 is 0.816 bits per heavy atom. The zero-order chi connectivity index (χ0) is 61.7. The van der Waals surface area contributed by atoms with E-state index in [0.29, 0.717) is 101 Å². The first-order chi connectivity index (χ1) is 41.5. The number of alkyl halides is 1. The molecule has 1 spiro atoms. The SMILES string of the molecule is Cc1ncsc1-c1ccc(CNC(=O)C2CCCN2C(=O)C(NC(=O)C2(F)CC2)C(C)(C)C)c(OCCNC(=O)CCN2CCN(CCNc3cc(N4CCC5(CC4)CN(c4cc(F)c(CN6CCC(C)(C)CC6)cc4F)CC(=O)N5)ncn3)CC2)c1. The molecule has 5 N–H and O–H groups in total. The highest BCUT2D eigenvalue weighted by atomic mass is 32.1. The molecule has 20 nitrogen and oxygen atoms in total. The lowest BCUT2D eigenvalue weighted by Gasteiger charge is -2.48. The van der Waals surface area contributed by atoms with Crippen LogP contribution in [0.25, 0.3) is 10.4 Å². The van der Waals surface area contributed by atoms with Crippen LogP contribution in [-0.4, -0.2) is 192 Å². The third-order valence-corrected chi connectivity index (χ3v) is 19.4. The Bertz CT molecular complexity index is 3110. The molecule has 2 unspecified atom stereocenters. The minimum absolute atomic E-state index is 0.0359. The first-order valence-corrected chi connectivity index (χ1v) is 31.9. The highest BCUT2D eigenvalue weighted by Crippen LogP contribution is 2.41. The van der Waals surface area contributed by atoms with Crippen LogP contribution in [0.1, 0.15) is 109 Å². The molecule has 5 amide bonds. The zero-order valence-corrected chi connectivity index (χ0v) is 52.2. The number of piperazine rings is 2. The molecule has 24 heteroatoms. The number of ether oxygens (including phenoxy) is 1. The van der Waals surface area contributed by atoms with Gasteiger partial charge in [-0.2, -0.15) is 0 Å². The van der Waals surface area contributed by atoms with Crippen LogP contribution in [-0.2, 0) is 37.1 Å². The average molecular weight is 1230 g/mol. The first-order valence-electron chi connectivity index (χ1n) is 31.1. The van der Waals surface area contributed by atoms with Crippen LogP contribution in [0.15, 0.2) is 48.2 Å². The largest absolute Gasteiger partial charge is 0.491 e. The summed E-state index contributed by atoms with van der Waals surface area (Å²) in [4.78, 5) is 93.5. The van der Waals surface area contributed by atoms with Crippen LogP contribution < -0.4 is 41.1 Å². The Morgan fingerprint density at radius 2 is 1.55 bits per heavy atom. The zero-order valence-electron chi connectivity index (χ0n) is 51.4. The number of hydrogen-bond donors (Lipinski definition) is 5. The Hall–Kier alpha value is -6.63. The maximum Gasteiger partial charge on any atom is 0.258 e. The molecule has 4 aromatic rings. The van der Waals surface area contributed by atoms with Gasteiger partial charge in [0.2, 0.25) is 23.6 Å². The predicted molar refractivity (Wildman–Crippen MR) is 329 cm³/mol. The van der Waals surface area contributed by atoms with Gasteiger partial charge in [-0.25, -0.2) is 28.1 Å². The van der Waals surface area contributed by atoms with Crippen molar-refractivity contribution < 1.29 is 41.9 Å². The molecule has 2 atom stereocenters. The number of thiazole rings is 1. The molecule has 2 aromatic carbocycles. The number of carbonyl (C=O) groups is 5. The van der Waals surface area contributed by atoms with E-state index in [4.69, 9.17) is 4.74 Å². The van der Waals surface area contributed by atoms with Gasteiger partial charge in [-0.05, 0) is 99.9 Å². The van der Waals surface area contributed by atoms with E-state index in [9.17, 15) is 28.4 Å². The van der Waals surface area contributed by atoms with Gasteiger partial charge in [-0.3, -0.25) is 33.8 Å². The molecule has 1 saturated carbocycles. The van der Waals surface area contributed by atoms with Gasteiger partial charge in [-0.1, -0.05) is 46.8 Å². The number of carbonyl (C=O) groups excluding carboxylic acids is 5. The molecule has 5 aliphatic heterocycles. The van der Waals surface area contributed by atoms with Gasteiger partial charge >= 0.3 is 0 Å². The van der Waals surface area contributed by atoms with Gasteiger partial charge in [-0.15, -0.1) is 11.3 Å². The van der Waals surface area contributed by atoms with Gasteiger partial charge in [0, 0.05) is 115 Å². The number of halogens is 3. The third kappa shape index (κ3) is 16.0. The summed E-state index contributed by atoms with van der Waals surface area (Å²) in [5.41, 5.74) is 1.77. The molecule has 0 bridgehead atoms. The van der Waals surface area contributed by atoms with E-state index in [0.717, 1.165) is 80.6 Å². The lowest BCUT2D eigenvalue weighted by molar-refractivity contribution is -0.144. The fourth-order valence-corrected chi connectivity index (χ4v) is 13.4. The van der Waals surface area contributed by atoms with E-state index < -0.39 is 52.2 Å². The average Bonchev–Trinajstić information content (AvgIpc) is 1.97. The van der Waals surface area contributed by atoms with Crippen molar-refractivity contribution in [1.82, 2.24) is 55.8 Å². The maximum absolute atomic E-state index is 15.8. The van der Waals surface area contributed by atoms with Crippen molar-refractivity contribution in [3.63, 3.8) is 0 Å². The lowest BCUT2D eigenvalue weighted by Crippen LogP contribution is -2.66. The summed E-state index contributed by atoms with van der Waals surface area (Å²) in [6.45, 7) is 21.9. The van der Waals surface area contributed by atoms with Crippen LogP contribution in [0.5, 0.6) is 5.75 Å². The van der Waals surface area contributed by atoms with Crippen molar-refractivity contribution >= 4 is 58.2 Å². The number of aryl methyl sites for hydroxylation is 1. The van der Waals surface area contributed by atoms with Crippen molar-refractivity contribution in [2.24, 2.45) is 10.8 Å². The number of anilines is 3. The Balaban J connectivity index is 0.629. The minimum atomic E-state index is -1.94. The van der Waals surface area contributed by atoms with Gasteiger partial charge in [0.05, 0.1) is 40.4 Å². The molecule has 0 radical (unpaired) electrons. The summed E-state index contributed by atoms with van der Waals surface area (Å²) in [7, 11) is 0. The molecule has 5 saturated heterocycles.